The molecule has 0 bridgehead atoms. The number of nitrogen functional groups attached to an aromatic ring is 1. The zero-order chi connectivity index (χ0) is 12.5. The minimum atomic E-state index is 0.815. The molecule has 1 heterocycles. The molecule has 2 heteroatoms. The maximum absolute atomic E-state index is 6.00. The molecule has 0 atom stereocenters. The van der Waals surface area contributed by atoms with Crippen molar-refractivity contribution in [1.29, 1.82) is 0 Å². The maximum Gasteiger partial charge on any atom is 0.0561 e. The molecule has 18 heavy (non-hydrogen) atoms. The first-order valence-electron chi connectivity index (χ1n) is 6.23. The molecule has 0 aliphatic heterocycles. The van der Waals surface area contributed by atoms with E-state index in [-0.39, 0.29) is 0 Å². The van der Waals surface area contributed by atoms with Crippen molar-refractivity contribution in [1.82, 2.24) is 4.57 Å². The molecule has 0 unspecified atom stereocenters. The highest BCUT2D eigenvalue weighted by Gasteiger charge is 2.09. The Morgan fingerprint density at radius 3 is 2.56 bits per heavy atom. The second-order valence-electron chi connectivity index (χ2n) is 4.47. The lowest BCUT2D eigenvalue weighted by Crippen LogP contribution is -1.95. The summed E-state index contributed by atoms with van der Waals surface area (Å²) >= 11 is 0. The van der Waals surface area contributed by atoms with E-state index in [0.29, 0.717) is 0 Å². The van der Waals surface area contributed by atoms with Gasteiger partial charge in [0.1, 0.15) is 0 Å². The number of fused-ring (bicyclic) bond motifs is 1. The van der Waals surface area contributed by atoms with E-state index in [2.05, 4.69) is 54.1 Å². The van der Waals surface area contributed by atoms with Crippen LogP contribution < -0.4 is 5.73 Å². The number of rotatable bonds is 2. The summed E-state index contributed by atoms with van der Waals surface area (Å²) in [4.78, 5) is 0. The Bertz CT molecular complexity index is 681. The van der Waals surface area contributed by atoms with Gasteiger partial charge in [0.05, 0.1) is 5.52 Å². The van der Waals surface area contributed by atoms with Crippen LogP contribution in [0.15, 0.2) is 54.7 Å². The zero-order valence-electron chi connectivity index (χ0n) is 10.4. The van der Waals surface area contributed by atoms with Gasteiger partial charge in [0, 0.05) is 29.4 Å². The smallest absolute Gasteiger partial charge is 0.0561 e. The third-order valence-corrected chi connectivity index (χ3v) is 3.31. The summed E-state index contributed by atoms with van der Waals surface area (Å²) in [6, 6.07) is 16.6. The molecule has 2 nitrogen and oxygen atoms in total. The molecule has 0 amide bonds. The Balaban J connectivity index is 2.36. The number of aromatic nitrogens is 1. The first-order chi connectivity index (χ1) is 8.79. The van der Waals surface area contributed by atoms with Crippen LogP contribution in [0.1, 0.15) is 6.92 Å². The molecule has 0 saturated heterocycles. The van der Waals surface area contributed by atoms with E-state index >= 15 is 0 Å². The molecule has 2 aromatic carbocycles. The number of hydrogen-bond acceptors (Lipinski definition) is 1. The highest BCUT2D eigenvalue weighted by atomic mass is 14.9. The Kier molecular flexibility index (Phi) is 2.56. The largest absolute Gasteiger partial charge is 0.399 e. The van der Waals surface area contributed by atoms with E-state index in [0.717, 1.165) is 12.2 Å². The average molecular weight is 236 g/mol. The van der Waals surface area contributed by atoms with E-state index in [4.69, 9.17) is 5.73 Å². The third kappa shape index (κ3) is 1.66. The molecule has 0 aliphatic carbocycles. The average Bonchev–Trinajstić information content (AvgIpc) is 2.81. The van der Waals surface area contributed by atoms with E-state index < -0.39 is 0 Å². The van der Waals surface area contributed by atoms with Crippen LogP contribution in [0.2, 0.25) is 0 Å². The van der Waals surface area contributed by atoms with Crippen LogP contribution in [0.5, 0.6) is 0 Å². The molecule has 0 aliphatic rings. The fourth-order valence-corrected chi connectivity index (χ4v) is 2.47. The molecular formula is C16H16N2. The van der Waals surface area contributed by atoms with Gasteiger partial charge in [0.25, 0.3) is 0 Å². The molecule has 2 N–H and O–H groups in total. The summed E-state index contributed by atoms with van der Waals surface area (Å²) in [7, 11) is 0. The van der Waals surface area contributed by atoms with E-state index in [1.165, 1.54) is 22.0 Å². The van der Waals surface area contributed by atoms with E-state index in [1.807, 2.05) is 12.1 Å². The zero-order valence-corrected chi connectivity index (χ0v) is 10.4. The number of benzene rings is 2. The summed E-state index contributed by atoms with van der Waals surface area (Å²) in [6.07, 6.45) is 2.12. The number of nitrogens with two attached hydrogens (primary N) is 1. The second kappa shape index (κ2) is 4.22. The maximum atomic E-state index is 6.00. The molecule has 0 radical (unpaired) electrons. The van der Waals surface area contributed by atoms with Gasteiger partial charge in [-0.25, -0.2) is 0 Å². The molecule has 0 fully saturated rings. The molecular weight excluding hydrogens is 220 g/mol. The Morgan fingerprint density at radius 2 is 1.83 bits per heavy atom. The predicted octanol–water partition coefficient (Wildman–Crippen LogP) is 3.91. The number of anilines is 1. The Labute approximate surface area is 107 Å². The van der Waals surface area contributed by atoms with Gasteiger partial charge in [-0.1, -0.05) is 30.3 Å². The third-order valence-electron chi connectivity index (χ3n) is 3.31. The van der Waals surface area contributed by atoms with Gasteiger partial charge in [-0.3, -0.25) is 0 Å². The minimum absolute atomic E-state index is 0.815. The topological polar surface area (TPSA) is 30.9 Å². The van der Waals surface area contributed by atoms with Gasteiger partial charge in [-0.15, -0.1) is 0 Å². The van der Waals surface area contributed by atoms with Crippen LogP contribution in [0.3, 0.4) is 0 Å². The van der Waals surface area contributed by atoms with Gasteiger partial charge in [-0.2, -0.15) is 0 Å². The fourth-order valence-electron chi connectivity index (χ4n) is 2.47. The van der Waals surface area contributed by atoms with Gasteiger partial charge in [0.2, 0.25) is 0 Å². The first kappa shape index (κ1) is 10.9. The van der Waals surface area contributed by atoms with Crippen molar-refractivity contribution in [2.75, 3.05) is 5.73 Å². The van der Waals surface area contributed by atoms with Crippen molar-refractivity contribution < 1.29 is 0 Å². The highest BCUT2D eigenvalue weighted by Crippen LogP contribution is 2.31. The molecule has 3 aromatic rings. The van der Waals surface area contributed by atoms with Crippen LogP contribution in [0.25, 0.3) is 22.0 Å². The lowest BCUT2D eigenvalue weighted by molar-refractivity contribution is 0.798. The number of nitrogens with zero attached hydrogens (tertiary/aromatic N) is 1. The molecule has 0 saturated carbocycles. The van der Waals surface area contributed by atoms with Crippen molar-refractivity contribution in [2.24, 2.45) is 0 Å². The van der Waals surface area contributed by atoms with Crippen LogP contribution in [0, 0.1) is 0 Å². The van der Waals surface area contributed by atoms with Gasteiger partial charge in [0.15, 0.2) is 0 Å². The first-order valence-corrected chi connectivity index (χ1v) is 6.23. The van der Waals surface area contributed by atoms with Crippen LogP contribution in [-0.4, -0.2) is 4.57 Å². The summed E-state index contributed by atoms with van der Waals surface area (Å²) < 4.78 is 2.26. The quantitative estimate of drug-likeness (QED) is 0.672. The molecule has 1 aromatic heterocycles. The van der Waals surface area contributed by atoms with Gasteiger partial charge >= 0.3 is 0 Å². The normalized spacial score (nSPS) is 10.9. The summed E-state index contributed by atoms with van der Waals surface area (Å²) in [5.74, 6) is 0. The lowest BCUT2D eigenvalue weighted by Gasteiger charge is -2.09. The van der Waals surface area contributed by atoms with Crippen LogP contribution in [0.4, 0.5) is 5.69 Å². The van der Waals surface area contributed by atoms with Gasteiger partial charge < -0.3 is 10.3 Å². The molecule has 3 rings (SSSR count). The van der Waals surface area contributed by atoms with E-state index in [1.54, 1.807) is 0 Å². The summed E-state index contributed by atoms with van der Waals surface area (Å²) in [5, 5.41) is 1.20. The van der Waals surface area contributed by atoms with Crippen molar-refractivity contribution in [3.05, 3.63) is 54.7 Å². The Hall–Kier alpha value is -2.22. The van der Waals surface area contributed by atoms with Crippen molar-refractivity contribution in [3.8, 4) is 11.1 Å². The number of hydrogen-bond donors (Lipinski definition) is 1. The predicted molar refractivity (Wildman–Crippen MR) is 77.5 cm³/mol. The van der Waals surface area contributed by atoms with Crippen molar-refractivity contribution in [2.45, 2.75) is 13.5 Å². The van der Waals surface area contributed by atoms with Crippen molar-refractivity contribution >= 4 is 16.6 Å². The molecule has 0 spiro atoms. The van der Waals surface area contributed by atoms with E-state index in [9.17, 15) is 0 Å². The highest BCUT2D eigenvalue weighted by molar-refractivity contribution is 5.97. The SMILES string of the molecule is CCn1ccc2cc(N)cc(-c3ccccc3)c21. The lowest BCUT2D eigenvalue weighted by atomic mass is 10.0. The second-order valence-corrected chi connectivity index (χ2v) is 4.47. The summed E-state index contributed by atoms with van der Waals surface area (Å²) in [5.41, 5.74) is 10.5. The fraction of sp³-hybridized carbons (Fsp3) is 0.125. The van der Waals surface area contributed by atoms with Crippen LogP contribution >= 0.6 is 0 Å². The monoisotopic (exact) mass is 236 g/mol. The Morgan fingerprint density at radius 1 is 1.06 bits per heavy atom. The van der Waals surface area contributed by atoms with Gasteiger partial charge in [-0.05, 0) is 30.7 Å². The van der Waals surface area contributed by atoms with Crippen molar-refractivity contribution in [3.63, 3.8) is 0 Å². The standard InChI is InChI=1S/C16H16N2/c1-2-18-9-8-13-10-14(17)11-15(16(13)18)12-6-4-3-5-7-12/h3-11H,2,17H2,1H3. The van der Waals surface area contributed by atoms with Crippen LogP contribution in [-0.2, 0) is 6.54 Å². The molecule has 90 valence electrons. The minimum Gasteiger partial charge on any atom is -0.399 e. The number of aryl methyl sites for hydroxylation is 1. The summed E-state index contributed by atoms with van der Waals surface area (Å²) in [6.45, 7) is 3.12.